The first kappa shape index (κ1) is 49.9. The normalized spacial score (nSPS) is 15.1. The van der Waals surface area contributed by atoms with Crippen LogP contribution in [0.3, 0.4) is 0 Å². The summed E-state index contributed by atoms with van der Waals surface area (Å²) in [5.41, 5.74) is 1.48. The number of para-hydroxylation sites is 1. The number of aliphatic hydroxyl groups is 2. The van der Waals surface area contributed by atoms with Gasteiger partial charge in [-0.05, 0) is 69.6 Å². The van der Waals surface area contributed by atoms with E-state index in [9.17, 15) is 39.0 Å². The van der Waals surface area contributed by atoms with Crippen molar-refractivity contribution in [2.75, 3.05) is 7.11 Å². The molecular weight excluding hydrogens is 785 g/mol. The molecule has 8 N–H and O–H groups in total. The second kappa shape index (κ2) is 23.5. The van der Waals surface area contributed by atoms with Crippen LogP contribution in [0.2, 0.25) is 0 Å². The van der Waals surface area contributed by atoms with Crippen LogP contribution in [0.5, 0.6) is 0 Å². The predicted molar refractivity (Wildman–Crippen MR) is 231 cm³/mol. The lowest BCUT2D eigenvalue weighted by molar-refractivity contribution is -0.144. The smallest absolute Gasteiger partial charge is 0.408 e. The zero-order valence-electron chi connectivity index (χ0n) is 36.9. The number of hydrogen-bond donors (Lipinski definition) is 8. The number of alkyl carbamates (subject to hydrolysis) is 1. The number of esters is 1. The van der Waals surface area contributed by atoms with Gasteiger partial charge in [0.15, 0.2) is 0 Å². The van der Waals surface area contributed by atoms with Crippen molar-refractivity contribution in [3.05, 3.63) is 71.9 Å². The van der Waals surface area contributed by atoms with Crippen molar-refractivity contribution in [3.8, 4) is 0 Å². The fourth-order valence-electron chi connectivity index (χ4n) is 6.84. The molecular formula is C45H66N6O10. The SMILES string of the molecule is COC(=O)C[C@H](O)[C@H](CC(C)C)NC(=O)[C@H](C)NC(=O)C[C@H](O)[C@H](CC(C)C)NC(=O)[C@H](Cc1c[nH]c2ccccc12)NC(=O)[C@H](Cc1ccccc1)NC(=O)OC(C)(C)C. The van der Waals surface area contributed by atoms with Crippen LogP contribution in [0.25, 0.3) is 10.9 Å². The molecule has 5 amide bonds. The number of carbonyl (C=O) groups excluding carboxylic acids is 6. The summed E-state index contributed by atoms with van der Waals surface area (Å²) in [6.45, 7) is 14.1. The lowest BCUT2D eigenvalue weighted by Crippen LogP contribution is -2.58. The second-order valence-corrected chi connectivity index (χ2v) is 17.4. The van der Waals surface area contributed by atoms with Gasteiger partial charge in [0.2, 0.25) is 23.6 Å². The molecule has 0 fully saturated rings. The number of aromatic amines is 1. The fourth-order valence-corrected chi connectivity index (χ4v) is 6.84. The lowest BCUT2D eigenvalue weighted by Gasteiger charge is -2.29. The monoisotopic (exact) mass is 850 g/mol. The maximum absolute atomic E-state index is 14.3. The van der Waals surface area contributed by atoms with Crippen LogP contribution in [0.1, 0.15) is 92.2 Å². The summed E-state index contributed by atoms with van der Waals surface area (Å²) < 4.78 is 10.1. The van der Waals surface area contributed by atoms with E-state index in [1.165, 1.54) is 14.0 Å². The number of carbonyl (C=O) groups is 6. The molecule has 1 aromatic heterocycles. The summed E-state index contributed by atoms with van der Waals surface area (Å²) in [7, 11) is 1.20. The van der Waals surface area contributed by atoms with Crippen molar-refractivity contribution in [2.24, 2.45) is 11.8 Å². The molecule has 0 aliphatic carbocycles. The van der Waals surface area contributed by atoms with Gasteiger partial charge in [-0.3, -0.25) is 24.0 Å². The van der Waals surface area contributed by atoms with Crippen LogP contribution in [0.4, 0.5) is 4.79 Å². The van der Waals surface area contributed by atoms with Crippen LogP contribution in [0, 0.1) is 11.8 Å². The number of hydrogen-bond acceptors (Lipinski definition) is 10. The molecule has 3 rings (SSSR count). The molecule has 0 saturated heterocycles. The van der Waals surface area contributed by atoms with Gasteiger partial charge in [0.05, 0.1) is 44.2 Å². The number of fused-ring (bicyclic) bond motifs is 1. The minimum atomic E-state index is -1.40. The van der Waals surface area contributed by atoms with Crippen molar-refractivity contribution in [3.63, 3.8) is 0 Å². The Bertz CT molecular complexity index is 1910. The number of H-pyrrole nitrogens is 1. The highest BCUT2D eigenvalue weighted by Gasteiger charge is 2.33. The molecule has 7 atom stereocenters. The maximum Gasteiger partial charge on any atom is 0.408 e. The molecule has 16 heteroatoms. The number of nitrogens with one attached hydrogen (secondary N) is 6. The van der Waals surface area contributed by atoms with E-state index in [0.717, 1.165) is 22.0 Å². The number of aromatic nitrogens is 1. The number of aliphatic hydroxyl groups excluding tert-OH is 2. The molecule has 0 unspecified atom stereocenters. The summed E-state index contributed by atoms with van der Waals surface area (Å²) in [5.74, 6) is -3.17. The van der Waals surface area contributed by atoms with Gasteiger partial charge < -0.3 is 51.3 Å². The van der Waals surface area contributed by atoms with E-state index in [-0.39, 0.29) is 37.5 Å². The topological polar surface area (TPSA) is 237 Å². The van der Waals surface area contributed by atoms with E-state index < -0.39 is 90.1 Å². The van der Waals surface area contributed by atoms with Crippen LogP contribution in [-0.4, -0.2) is 106 Å². The molecule has 61 heavy (non-hydrogen) atoms. The zero-order chi connectivity index (χ0) is 45.4. The van der Waals surface area contributed by atoms with Crippen molar-refractivity contribution in [2.45, 2.75) is 142 Å². The standard InChI is InChI=1S/C45H66N6O10/c1-26(2)19-33(37(52)23-39(54)47-28(5)41(56)48-34(20-27(3)4)38(53)24-40(55)60-9)49-43(58)36(22-30-25-46-32-18-14-13-17-31(30)32)50-42(57)35(21-29-15-11-10-12-16-29)51-44(59)61-45(6,7)8/h10-18,25-28,33-38,46,52-53H,19-24H2,1-9H3,(H,47,54)(H,48,56)(H,49,58)(H,50,57)(H,51,59)/t28-,33-,34-,35-,36-,37-,38-/m0/s1. The number of rotatable bonds is 22. The summed E-state index contributed by atoms with van der Waals surface area (Å²) >= 11 is 0. The number of benzene rings is 2. The molecule has 0 aliphatic rings. The highest BCUT2D eigenvalue weighted by atomic mass is 16.6. The van der Waals surface area contributed by atoms with Gasteiger partial charge in [0.25, 0.3) is 0 Å². The average molecular weight is 851 g/mol. The van der Waals surface area contributed by atoms with Gasteiger partial charge >= 0.3 is 12.1 Å². The summed E-state index contributed by atoms with van der Waals surface area (Å²) in [4.78, 5) is 82.8. The largest absolute Gasteiger partial charge is 0.469 e. The summed E-state index contributed by atoms with van der Waals surface area (Å²) in [5, 5.41) is 36.6. The average Bonchev–Trinajstić information content (AvgIpc) is 3.58. The van der Waals surface area contributed by atoms with Gasteiger partial charge in [-0.25, -0.2) is 4.79 Å². The van der Waals surface area contributed by atoms with Crippen molar-refractivity contribution in [1.29, 1.82) is 0 Å². The summed E-state index contributed by atoms with van der Waals surface area (Å²) in [6.07, 6.45) is -1.73. The molecule has 3 aromatic rings. The van der Waals surface area contributed by atoms with Gasteiger partial charge in [-0.1, -0.05) is 76.2 Å². The third kappa shape index (κ3) is 17.2. The third-order valence-corrected chi connectivity index (χ3v) is 9.83. The molecule has 1 heterocycles. The van der Waals surface area contributed by atoms with E-state index in [0.29, 0.717) is 6.42 Å². The van der Waals surface area contributed by atoms with E-state index in [1.807, 2.05) is 82.3 Å². The van der Waals surface area contributed by atoms with E-state index >= 15 is 0 Å². The quantitative estimate of drug-likeness (QED) is 0.0685. The first-order valence-corrected chi connectivity index (χ1v) is 20.9. The molecule has 0 bridgehead atoms. The van der Waals surface area contributed by atoms with Crippen LogP contribution in [-0.2, 0) is 46.3 Å². The van der Waals surface area contributed by atoms with Crippen molar-refractivity contribution >= 4 is 46.6 Å². The Labute approximate surface area is 358 Å². The zero-order valence-corrected chi connectivity index (χ0v) is 36.9. The lowest BCUT2D eigenvalue weighted by atomic mass is 9.95. The molecule has 0 spiro atoms. The highest BCUT2D eigenvalue weighted by Crippen LogP contribution is 2.21. The van der Waals surface area contributed by atoms with Crippen molar-refractivity contribution < 1.29 is 48.5 Å². The Kier molecular flexibility index (Phi) is 19.2. The summed E-state index contributed by atoms with van der Waals surface area (Å²) in [6, 6.07) is 11.4. The molecule has 2 aromatic carbocycles. The number of amides is 5. The van der Waals surface area contributed by atoms with Gasteiger partial charge in [-0.2, -0.15) is 0 Å². The van der Waals surface area contributed by atoms with E-state index in [4.69, 9.17) is 4.74 Å². The first-order valence-electron chi connectivity index (χ1n) is 20.9. The Morgan fingerprint density at radius 3 is 1.80 bits per heavy atom. The molecule has 0 saturated carbocycles. The fraction of sp³-hybridized carbons (Fsp3) is 0.556. The van der Waals surface area contributed by atoms with Gasteiger partial charge in [-0.15, -0.1) is 0 Å². The third-order valence-electron chi connectivity index (χ3n) is 9.83. The molecule has 16 nitrogen and oxygen atoms in total. The number of ether oxygens (including phenoxy) is 2. The molecule has 0 radical (unpaired) electrons. The Morgan fingerprint density at radius 2 is 1.21 bits per heavy atom. The van der Waals surface area contributed by atoms with Gasteiger partial charge in [0.1, 0.15) is 23.7 Å². The first-order chi connectivity index (χ1) is 28.6. The van der Waals surface area contributed by atoms with Crippen molar-refractivity contribution in [1.82, 2.24) is 31.6 Å². The van der Waals surface area contributed by atoms with Crippen LogP contribution < -0.4 is 26.6 Å². The van der Waals surface area contributed by atoms with Gasteiger partial charge in [0, 0.05) is 29.9 Å². The Morgan fingerprint density at radius 1 is 0.672 bits per heavy atom. The Hall–Kier alpha value is -5.48. The van der Waals surface area contributed by atoms with E-state index in [2.05, 4.69) is 36.3 Å². The van der Waals surface area contributed by atoms with Crippen LogP contribution >= 0.6 is 0 Å². The second-order valence-electron chi connectivity index (χ2n) is 17.4. The number of methoxy groups -OCH3 is 1. The minimum absolute atomic E-state index is 0.0375. The highest BCUT2D eigenvalue weighted by molar-refractivity contribution is 5.93. The molecule has 0 aliphatic heterocycles. The predicted octanol–water partition coefficient (Wildman–Crippen LogP) is 3.57. The maximum atomic E-state index is 14.3. The van der Waals surface area contributed by atoms with Crippen LogP contribution in [0.15, 0.2) is 60.8 Å². The Balaban J connectivity index is 1.82. The molecule has 336 valence electrons. The van der Waals surface area contributed by atoms with E-state index in [1.54, 1.807) is 27.0 Å². The minimum Gasteiger partial charge on any atom is -0.469 e.